The number of carbonyl (C=O) groups is 1. The predicted octanol–water partition coefficient (Wildman–Crippen LogP) is 2.68. The normalized spacial score (nSPS) is 18.9. The van der Waals surface area contributed by atoms with Gasteiger partial charge in [-0.2, -0.15) is 0 Å². The van der Waals surface area contributed by atoms with E-state index in [1.54, 1.807) is 12.0 Å². The number of oxime groups is 1. The number of likely N-dealkylation sites (tertiary alicyclic amines) is 1. The molecule has 0 aliphatic carbocycles. The highest BCUT2D eigenvalue weighted by atomic mass is 16.6. The maximum Gasteiger partial charge on any atom is 0.263 e. The molecule has 5 nitrogen and oxygen atoms in total. The lowest BCUT2D eigenvalue weighted by Gasteiger charge is -2.43. The average Bonchev–Trinajstić information content (AvgIpc) is 2.43. The molecule has 1 aliphatic heterocycles. The van der Waals surface area contributed by atoms with Crippen LogP contribution in [0.4, 0.5) is 0 Å². The van der Waals surface area contributed by atoms with E-state index in [9.17, 15) is 4.79 Å². The highest BCUT2D eigenvalue weighted by molar-refractivity contribution is 6.38. The van der Waals surface area contributed by atoms with Crippen LogP contribution in [0.3, 0.4) is 0 Å². The number of methoxy groups -OCH3 is 1. The van der Waals surface area contributed by atoms with E-state index in [0.717, 1.165) is 11.3 Å². The Labute approximate surface area is 124 Å². The number of hydrogen-bond donors (Lipinski definition) is 0. The summed E-state index contributed by atoms with van der Waals surface area (Å²) in [6.07, 6.45) is 1.81. The van der Waals surface area contributed by atoms with Gasteiger partial charge in [-0.3, -0.25) is 9.69 Å². The average molecular weight is 288 g/mol. The standard InChI is InChI=1S/C16H20N2O3/c1-16(2,3)18-14(17-21-5)13(15(18)19)10-11-6-8-12(20-4)9-7-11/h6-10H,1-5H3/b13-10-,17-14+. The first kappa shape index (κ1) is 15.1. The molecule has 1 amide bonds. The molecule has 0 N–H and O–H groups in total. The van der Waals surface area contributed by atoms with Crippen LogP contribution in [0.2, 0.25) is 0 Å². The van der Waals surface area contributed by atoms with E-state index in [0.29, 0.717) is 11.4 Å². The Morgan fingerprint density at radius 3 is 2.24 bits per heavy atom. The summed E-state index contributed by atoms with van der Waals surface area (Å²) in [6.45, 7) is 5.88. The number of hydrogen-bond acceptors (Lipinski definition) is 4. The molecule has 1 saturated heterocycles. The second kappa shape index (κ2) is 5.60. The minimum atomic E-state index is -0.328. The molecule has 1 aromatic carbocycles. The Balaban J connectivity index is 2.32. The second-order valence-corrected chi connectivity index (χ2v) is 5.74. The molecule has 0 saturated carbocycles. The number of amidine groups is 1. The summed E-state index contributed by atoms with van der Waals surface area (Å²) in [4.78, 5) is 18.8. The van der Waals surface area contributed by atoms with Gasteiger partial charge >= 0.3 is 0 Å². The summed E-state index contributed by atoms with van der Waals surface area (Å²) in [5.41, 5.74) is 1.14. The third kappa shape index (κ3) is 2.91. The molecule has 1 heterocycles. The summed E-state index contributed by atoms with van der Waals surface area (Å²) >= 11 is 0. The molecule has 0 atom stereocenters. The van der Waals surface area contributed by atoms with Crippen LogP contribution in [0.15, 0.2) is 35.0 Å². The molecule has 1 aliphatic rings. The van der Waals surface area contributed by atoms with E-state index < -0.39 is 0 Å². The van der Waals surface area contributed by atoms with Crippen molar-refractivity contribution in [2.75, 3.05) is 14.2 Å². The maximum absolute atomic E-state index is 12.3. The lowest BCUT2D eigenvalue weighted by molar-refractivity contribution is -0.129. The molecule has 0 aromatic heterocycles. The Hall–Kier alpha value is -2.30. The SMILES string of the molecule is CO/N=C1\C(=C\c2ccc(OC)cc2)C(=O)N1C(C)(C)C. The lowest BCUT2D eigenvalue weighted by atomic mass is 9.93. The van der Waals surface area contributed by atoms with Gasteiger partial charge in [-0.25, -0.2) is 0 Å². The van der Waals surface area contributed by atoms with Crippen LogP contribution in [0.1, 0.15) is 26.3 Å². The zero-order chi connectivity index (χ0) is 15.6. The van der Waals surface area contributed by atoms with Crippen LogP contribution in [0.25, 0.3) is 6.08 Å². The van der Waals surface area contributed by atoms with Crippen molar-refractivity contribution in [1.82, 2.24) is 4.90 Å². The maximum atomic E-state index is 12.3. The molecule has 2 rings (SSSR count). The molecule has 5 heteroatoms. The van der Waals surface area contributed by atoms with Crippen molar-refractivity contribution >= 4 is 17.8 Å². The van der Waals surface area contributed by atoms with Crippen molar-refractivity contribution in [2.45, 2.75) is 26.3 Å². The van der Waals surface area contributed by atoms with Gasteiger partial charge in [-0.05, 0) is 44.5 Å². The summed E-state index contributed by atoms with van der Waals surface area (Å²) in [5, 5.41) is 3.97. The summed E-state index contributed by atoms with van der Waals surface area (Å²) in [7, 11) is 3.09. The number of benzene rings is 1. The molecule has 0 spiro atoms. The molecule has 21 heavy (non-hydrogen) atoms. The predicted molar refractivity (Wildman–Crippen MR) is 82.0 cm³/mol. The first-order valence-electron chi connectivity index (χ1n) is 6.70. The van der Waals surface area contributed by atoms with Gasteiger partial charge in [-0.15, -0.1) is 0 Å². The molecular weight excluding hydrogens is 268 g/mol. The summed E-state index contributed by atoms with van der Waals surface area (Å²) in [6, 6.07) is 7.49. The minimum Gasteiger partial charge on any atom is -0.497 e. The van der Waals surface area contributed by atoms with Crippen LogP contribution < -0.4 is 4.74 Å². The molecule has 1 fully saturated rings. The Morgan fingerprint density at radius 2 is 1.76 bits per heavy atom. The fourth-order valence-electron chi connectivity index (χ4n) is 2.17. The van der Waals surface area contributed by atoms with E-state index in [4.69, 9.17) is 9.57 Å². The van der Waals surface area contributed by atoms with Crippen LogP contribution in [-0.2, 0) is 9.63 Å². The van der Waals surface area contributed by atoms with Crippen LogP contribution >= 0.6 is 0 Å². The van der Waals surface area contributed by atoms with Crippen molar-refractivity contribution in [1.29, 1.82) is 0 Å². The molecule has 1 aromatic rings. The van der Waals surface area contributed by atoms with Gasteiger partial charge in [0.25, 0.3) is 5.91 Å². The third-order valence-electron chi connectivity index (χ3n) is 3.16. The van der Waals surface area contributed by atoms with E-state index in [1.165, 1.54) is 7.11 Å². The van der Waals surface area contributed by atoms with Crippen LogP contribution in [-0.4, -0.2) is 36.4 Å². The van der Waals surface area contributed by atoms with Crippen molar-refractivity contribution < 1.29 is 14.4 Å². The van der Waals surface area contributed by atoms with E-state index in [-0.39, 0.29) is 11.4 Å². The molecule has 0 unspecified atom stereocenters. The van der Waals surface area contributed by atoms with Crippen molar-refractivity contribution in [3.63, 3.8) is 0 Å². The largest absolute Gasteiger partial charge is 0.497 e. The molecule has 112 valence electrons. The quantitative estimate of drug-likeness (QED) is 0.488. The number of β-lactam (4-membered cyclic amide) rings is 1. The fraction of sp³-hybridized carbons (Fsp3) is 0.375. The summed E-state index contributed by atoms with van der Waals surface area (Å²) < 4.78 is 5.12. The zero-order valence-electron chi connectivity index (χ0n) is 13.0. The monoisotopic (exact) mass is 288 g/mol. The smallest absolute Gasteiger partial charge is 0.263 e. The first-order valence-corrected chi connectivity index (χ1v) is 6.70. The number of amides is 1. The van der Waals surface area contributed by atoms with Gasteiger partial charge in [0.15, 0.2) is 5.84 Å². The van der Waals surface area contributed by atoms with Crippen molar-refractivity contribution in [3.8, 4) is 5.75 Å². The van der Waals surface area contributed by atoms with Gasteiger partial charge in [0, 0.05) is 5.54 Å². The van der Waals surface area contributed by atoms with E-state index in [2.05, 4.69) is 5.16 Å². The molecular formula is C16H20N2O3. The highest BCUT2D eigenvalue weighted by Gasteiger charge is 2.45. The Bertz CT molecular complexity index is 595. The van der Waals surface area contributed by atoms with Crippen molar-refractivity contribution in [2.24, 2.45) is 5.16 Å². The Morgan fingerprint density at radius 1 is 1.14 bits per heavy atom. The zero-order valence-corrected chi connectivity index (χ0v) is 13.0. The van der Waals surface area contributed by atoms with E-state index >= 15 is 0 Å². The lowest BCUT2D eigenvalue weighted by Crippen LogP contribution is -2.60. The van der Waals surface area contributed by atoms with Crippen LogP contribution in [0, 0.1) is 0 Å². The van der Waals surface area contributed by atoms with Gasteiger partial charge in [0.2, 0.25) is 0 Å². The molecule has 0 bridgehead atoms. The minimum absolute atomic E-state index is 0.0471. The fourth-order valence-corrected chi connectivity index (χ4v) is 2.17. The van der Waals surface area contributed by atoms with Gasteiger partial charge in [0.05, 0.1) is 12.7 Å². The van der Waals surface area contributed by atoms with Crippen molar-refractivity contribution in [3.05, 3.63) is 35.4 Å². The third-order valence-corrected chi connectivity index (χ3v) is 3.16. The second-order valence-electron chi connectivity index (χ2n) is 5.74. The topological polar surface area (TPSA) is 51.1 Å². The van der Waals surface area contributed by atoms with Crippen LogP contribution in [0.5, 0.6) is 5.75 Å². The summed E-state index contributed by atoms with van der Waals surface area (Å²) in [5.74, 6) is 1.29. The Kier molecular flexibility index (Phi) is 4.02. The molecule has 0 radical (unpaired) electrons. The van der Waals surface area contributed by atoms with Gasteiger partial charge in [0.1, 0.15) is 12.9 Å². The van der Waals surface area contributed by atoms with Gasteiger partial charge < -0.3 is 9.57 Å². The number of rotatable bonds is 3. The number of nitrogens with zero attached hydrogens (tertiary/aromatic N) is 2. The highest BCUT2D eigenvalue weighted by Crippen LogP contribution is 2.31. The number of carbonyl (C=O) groups excluding carboxylic acids is 1. The van der Waals surface area contributed by atoms with Gasteiger partial charge in [-0.1, -0.05) is 17.3 Å². The number of ether oxygens (including phenoxy) is 1. The first-order chi connectivity index (χ1) is 9.88. The van der Waals surface area contributed by atoms with E-state index in [1.807, 2.05) is 51.1 Å².